The second-order valence-corrected chi connectivity index (χ2v) is 9.15. The van der Waals surface area contributed by atoms with Crippen molar-refractivity contribution in [2.75, 3.05) is 0 Å². The van der Waals surface area contributed by atoms with Gasteiger partial charge in [-0.25, -0.2) is 0 Å². The summed E-state index contributed by atoms with van der Waals surface area (Å²) in [5.41, 5.74) is 8.81. The van der Waals surface area contributed by atoms with E-state index < -0.39 is 0 Å². The van der Waals surface area contributed by atoms with Crippen molar-refractivity contribution >= 4 is 35.6 Å². The Morgan fingerprint density at radius 2 is 1.27 bits per heavy atom. The molecule has 0 unspecified atom stereocenters. The SMILES string of the molecule is Cc1cc(C(C)(C)C)cc2c3cc(C(C)(C)C)c[c-](C)c-3cc12.Cl.Cl.[Zr]. The van der Waals surface area contributed by atoms with Crippen LogP contribution in [-0.4, -0.2) is 0 Å². The predicted molar refractivity (Wildman–Crippen MR) is 118 cm³/mol. The molecule has 0 heterocycles. The van der Waals surface area contributed by atoms with Gasteiger partial charge in [0.2, 0.25) is 0 Å². The van der Waals surface area contributed by atoms with Crippen molar-refractivity contribution in [2.45, 2.75) is 66.2 Å². The maximum Gasteiger partial charge on any atom is 0 e. The van der Waals surface area contributed by atoms with Crippen LogP contribution in [0.4, 0.5) is 0 Å². The standard InChI is InChI=1S/C23H29.2ClH.Zr/c1-14-9-16(22(3,4)5)11-20-18(14)13-19-15(2)10-17(12-21(19)20)23(6,7)8;;;/h9-13H,1-8H3;2*1H;/q-1;;;. The van der Waals surface area contributed by atoms with E-state index in [2.05, 4.69) is 85.7 Å². The van der Waals surface area contributed by atoms with Gasteiger partial charge in [-0.15, -0.1) is 65.3 Å². The first-order valence-corrected chi connectivity index (χ1v) is 8.64. The maximum absolute atomic E-state index is 2.41. The second-order valence-electron chi connectivity index (χ2n) is 9.15. The average Bonchev–Trinajstić information content (AvgIpc) is 2.77. The monoisotopic (exact) mass is 467 g/mol. The quantitative estimate of drug-likeness (QED) is 0.296. The van der Waals surface area contributed by atoms with Crippen molar-refractivity contribution in [2.24, 2.45) is 0 Å². The molecule has 1 aromatic rings. The fraction of sp³-hybridized carbons (Fsp3) is 0.435. The van der Waals surface area contributed by atoms with Crippen molar-refractivity contribution in [1.82, 2.24) is 0 Å². The van der Waals surface area contributed by atoms with Gasteiger partial charge in [0.05, 0.1) is 0 Å². The minimum Gasteiger partial charge on any atom is -0.147 e. The Labute approximate surface area is 190 Å². The molecule has 0 atom stereocenters. The molecule has 3 rings (SSSR count). The summed E-state index contributed by atoms with van der Waals surface area (Å²) < 4.78 is 0. The van der Waals surface area contributed by atoms with E-state index in [1.54, 1.807) is 0 Å². The molecule has 0 amide bonds. The smallest absolute Gasteiger partial charge is 0 e. The Bertz CT molecular complexity index is 861. The van der Waals surface area contributed by atoms with Gasteiger partial charge in [-0.1, -0.05) is 76.9 Å². The number of rotatable bonds is 0. The summed E-state index contributed by atoms with van der Waals surface area (Å²) in [6.45, 7) is 18.3. The molecule has 0 fully saturated rings. The zero-order chi connectivity index (χ0) is 17.2. The molecule has 0 spiro atoms. The second kappa shape index (κ2) is 8.42. The predicted octanol–water partition coefficient (Wildman–Crippen LogP) is 7.72. The van der Waals surface area contributed by atoms with Crippen molar-refractivity contribution in [3.63, 3.8) is 0 Å². The van der Waals surface area contributed by atoms with E-state index in [-0.39, 0.29) is 61.8 Å². The summed E-state index contributed by atoms with van der Waals surface area (Å²) in [5.74, 6) is 0. The molecule has 0 saturated carbocycles. The number of aryl methyl sites for hydroxylation is 2. The molecule has 0 N–H and O–H groups in total. The molecule has 142 valence electrons. The summed E-state index contributed by atoms with van der Waals surface area (Å²) in [7, 11) is 0. The number of fused-ring (bicyclic) bond motifs is 3. The Morgan fingerprint density at radius 3 is 1.77 bits per heavy atom. The van der Waals surface area contributed by atoms with E-state index in [1.807, 2.05) is 0 Å². The normalized spacial score (nSPS) is 11.7. The minimum atomic E-state index is 0. The van der Waals surface area contributed by atoms with Crippen LogP contribution >= 0.6 is 24.8 Å². The van der Waals surface area contributed by atoms with E-state index in [9.17, 15) is 0 Å². The third kappa shape index (κ3) is 4.60. The van der Waals surface area contributed by atoms with Crippen molar-refractivity contribution in [1.29, 1.82) is 0 Å². The Hall–Kier alpha value is -0.227. The molecule has 3 heteroatoms. The minimum absolute atomic E-state index is 0. The third-order valence-corrected chi connectivity index (χ3v) is 5.08. The van der Waals surface area contributed by atoms with Crippen LogP contribution in [0, 0.1) is 13.8 Å². The van der Waals surface area contributed by atoms with Crippen molar-refractivity contribution in [3.8, 4) is 11.1 Å². The molecule has 1 aromatic carbocycles. The topological polar surface area (TPSA) is 0 Å². The van der Waals surface area contributed by atoms with E-state index in [1.165, 1.54) is 44.2 Å². The molecular weight excluding hydrogens is 438 g/mol. The van der Waals surface area contributed by atoms with Crippen LogP contribution in [0.3, 0.4) is 0 Å². The van der Waals surface area contributed by atoms with Gasteiger partial charge in [-0.2, -0.15) is 0 Å². The van der Waals surface area contributed by atoms with Crippen LogP contribution in [-0.2, 0) is 37.0 Å². The van der Waals surface area contributed by atoms with Crippen LogP contribution < -0.4 is 0 Å². The van der Waals surface area contributed by atoms with Gasteiger partial charge >= 0.3 is 0 Å². The van der Waals surface area contributed by atoms with Crippen LogP contribution in [0.2, 0.25) is 0 Å². The van der Waals surface area contributed by atoms with Crippen LogP contribution in [0.5, 0.6) is 0 Å². The zero-order valence-electron chi connectivity index (χ0n) is 17.2. The first-order chi connectivity index (χ1) is 10.5. The first kappa shape index (κ1) is 25.8. The molecule has 0 nitrogen and oxygen atoms in total. The summed E-state index contributed by atoms with van der Waals surface area (Å²) in [6.07, 6.45) is 0. The molecule has 2 aliphatic carbocycles. The van der Waals surface area contributed by atoms with Gasteiger partial charge < -0.3 is 0 Å². The largest absolute Gasteiger partial charge is 0.147 e. The van der Waals surface area contributed by atoms with E-state index in [4.69, 9.17) is 0 Å². The Balaban J connectivity index is 0.00000208. The van der Waals surface area contributed by atoms with Crippen LogP contribution in [0.15, 0.2) is 30.3 Å². The molecular formula is C23H31Cl2Zr-. The molecule has 2 aliphatic rings. The third-order valence-electron chi connectivity index (χ3n) is 5.08. The summed E-state index contributed by atoms with van der Waals surface area (Å²) in [6, 6.07) is 11.9. The van der Waals surface area contributed by atoms with Gasteiger partial charge in [0.25, 0.3) is 0 Å². The summed E-state index contributed by atoms with van der Waals surface area (Å²) in [5, 5.41) is 2.82. The Kier molecular flexibility index (Phi) is 8.35. The van der Waals surface area contributed by atoms with Crippen LogP contribution in [0.1, 0.15) is 63.8 Å². The maximum atomic E-state index is 2.41. The fourth-order valence-corrected chi connectivity index (χ4v) is 3.44. The van der Waals surface area contributed by atoms with E-state index in [0.717, 1.165) is 0 Å². The summed E-state index contributed by atoms with van der Waals surface area (Å²) >= 11 is 0. The molecule has 0 aliphatic heterocycles. The van der Waals surface area contributed by atoms with Gasteiger partial charge in [-0.05, 0) is 23.3 Å². The average molecular weight is 470 g/mol. The zero-order valence-corrected chi connectivity index (χ0v) is 21.3. The van der Waals surface area contributed by atoms with E-state index >= 15 is 0 Å². The molecule has 0 bridgehead atoms. The molecule has 26 heavy (non-hydrogen) atoms. The van der Waals surface area contributed by atoms with Crippen LogP contribution in [0.25, 0.3) is 21.9 Å². The molecule has 0 aromatic heterocycles. The number of benzene rings is 2. The van der Waals surface area contributed by atoms with Gasteiger partial charge in [0.1, 0.15) is 0 Å². The fourth-order valence-electron chi connectivity index (χ4n) is 3.44. The Morgan fingerprint density at radius 1 is 0.731 bits per heavy atom. The van der Waals surface area contributed by atoms with E-state index in [0.29, 0.717) is 0 Å². The van der Waals surface area contributed by atoms with Gasteiger partial charge in [-0.3, -0.25) is 0 Å². The van der Waals surface area contributed by atoms with Gasteiger partial charge in [0.15, 0.2) is 0 Å². The van der Waals surface area contributed by atoms with Crippen molar-refractivity contribution < 1.29 is 26.2 Å². The number of hydrogen-bond donors (Lipinski definition) is 0. The van der Waals surface area contributed by atoms with Gasteiger partial charge in [0, 0.05) is 26.2 Å². The first-order valence-electron chi connectivity index (χ1n) is 8.64. The van der Waals surface area contributed by atoms with Crippen molar-refractivity contribution in [3.05, 3.63) is 52.6 Å². The molecule has 0 radical (unpaired) electrons. The number of halogens is 2. The summed E-state index contributed by atoms with van der Waals surface area (Å²) in [4.78, 5) is 0. The molecule has 0 saturated heterocycles. The number of hydrogen-bond acceptors (Lipinski definition) is 0.